The molecule has 0 bridgehead atoms. The molecule has 0 fully saturated rings. The highest BCUT2D eigenvalue weighted by Gasteiger charge is 2.14. The van der Waals surface area contributed by atoms with Gasteiger partial charge in [0.2, 0.25) is 0 Å². The third-order valence-electron chi connectivity index (χ3n) is 2.72. The molecule has 0 aromatic heterocycles. The van der Waals surface area contributed by atoms with E-state index in [-0.39, 0.29) is 6.10 Å². The molecule has 0 spiro atoms. The van der Waals surface area contributed by atoms with Crippen LogP contribution >= 0.6 is 0 Å². The van der Waals surface area contributed by atoms with E-state index in [9.17, 15) is 4.79 Å². The van der Waals surface area contributed by atoms with Crippen molar-refractivity contribution in [1.29, 1.82) is 0 Å². The summed E-state index contributed by atoms with van der Waals surface area (Å²) < 4.78 is 5.56. The Labute approximate surface area is 114 Å². The van der Waals surface area contributed by atoms with Crippen LogP contribution in [-0.2, 0) is 11.3 Å². The second-order valence-electron chi connectivity index (χ2n) is 4.87. The highest BCUT2D eigenvalue weighted by molar-refractivity contribution is 5.73. The molecule has 1 aromatic rings. The van der Waals surface area contributed by atoms with E-state index < -0.39 is 12.0 Å². The average molecular weight is 265 g/mol. The lowest BCUT2D eigenvalue weighted by atomic mass is 10.1. The highest BCUT2D eigenvalue weighted by Crippen LogP contribution is 2.14. The Morgan fingerprint density at radius 1 is 1.32 bits per heavy atom. The van der Waals surface area contributed by atoms with E-state index in [0.717, 1.165) is 17.7 Å². The number of aliphatic carboxylic acids is 1. The van der Waals surface area contributed by atoms with Crippen LogP contribution in [0.25, 0.3) is 0 Å². The molecule has 4 heteroatoms. The summed E-state index contributed by atoms with van der Waals surface area (Å²) >= 11 is 0. The quantitative estimate of drug-likeness (QED) is 0.759. The summed E-state index contributed by atoms with van der Waals surface area (Å²) in [7, 11) is 0. The minimum atomic E-state index is -0.790. The first kappa shape index (κ1) is 15.5. The first-order valence-corrected chi connectivity index (χ1v) is 6.74. The Kier molecular flexibility index (Phi) is 6.36. The standard InChI is InChI=1S/C15H23NO3/c1-4-5-14(15(17)18)16-10-12-6-8-13(9-7-12)19-11(2)3/h6-9,11,14,16H,4-5,10H2,1-3H3,(H,17,18). The van der Waals surface area contributed by atoms with Crippen LogP contribution in [0.3, 0.4) is 0 Å². The van der Waals surface area contributed by atoms with E-state index in [2.05, 4.69) is 5.32 Å². The van der Waals surface area contributed by atoms with E-state index in [4.69, 9.17) is 9.84 Å². The number of benzene rings is 1. The Hall–Kier alpha value is -1.55. The minimum Gasteiger partial charge on any atom is -0.491 e. The molecule has 2 N–H and O–H groups in total. The van der Waals surface area contributed by atoms with Gasteiger partial charge >= 0.3 is 5.97 Å². The zero-order chi connectivity index (χ0) is 14.3. The molecule has 1 unspecified atom stereocenters. The van der Waals surface area contributed by atoms with Crippen LogP contribution in [0, 0.1) is 0 Å². The zero-order valence-electron chi connectivity index (χ0n) is 11.8. The van der Waals surface area contributed by atoms with E-state index in [1.54, 1.807) is 0 Å². The van der Waals surface area contributed by atoms with Crippen LogP contribution in [-0.4, -0.2) is 23.2 Å². The number of carboxylic acid groups (broad SMARTS) is 1. The largest absolute Gasteiger partial charge is 0.491 e. The van der Waals surface area contributed by atoms with Gasteiger partial charge in [0.05, 0.1) is 6.10 Å². The summed E-state index contributed by atoms with van der Waals surface area (Å²) in [5, 5.41) is 12.1. The van der Waals surface area contributed by atoms with Crippen molar-refractivity contribution in [1.82, 2.24) is 5.32 Å². The van der Waals surface area contributed by atoms with Crippen molar-refractivity contribution >= 4 is 5.97 Å². The molecule has 0 aliphatic carbocycles. The molecule has 1 atom stereocenters. The van der Waals surface area contributed by atoms with Crippen molar-refractivity contribution in [3.63, 3.8) is 0 Å². The molecule has 0 amide bonds. The lowest BCUT2D eigenvalue weighted by Gasteiger charge is -2.14. The van der Waals surface area contributed by atoms with E-state index >= 15 is 0 Å². The van der Waals surface area contributed by atoms with Crippen LogP contribution in [0.4, 0.5) is 0 Å². The van der Waals surface area contributed by atoms with Gasteiger partial charge in [-0.2, -0.15) is 0 Å². The van der Waals surface area contributed by atoms with Crippen LogP contribution in [0.15, 0.2) is 24.3 Å². The minimum absolute atomic E-state index is 0.157. The molecule has 4 nitrogen and oxygen atoms in total. The smallest absolute Gasteiger partial charge is 0.320 e. The molecule has 1 rings (SSSR count). The van der Waals surface area contributed by atoms with Gasteiger partial charge in [0.15, 0.2) is 0 Å². The Morgan fingerprint density at radius 3 is 2.42 bits per heavy atom. The lowest BCUT2D eigenvalue weighted by Crippen LogP contribution is -2.35. The Balaban J connectivity index is 2.50. The first-order chi connectivity index (χ1) is 9.02. The number of rotatable bonds is 8. The number of hydrogen-bond donors (Lipinski definition) is 2. The average Bonchev–Trinajstić information content (AvgIpc) is 2.35. The van der Waals surface area contributed by atoms with Gasteiger partial charge in [-0.1, -0.05) is 25.5 Å². The molecular weight excluding hydrogens is 242 g/mol. The number of carboxylic acids is 1. The predicted octanol–water partition coefficient (Wildman–Crippen LogP) is 2.82. The summed E-state index contributed by atoms with van der Waals surface area (Å²) in [5.74, 6) is 0.0451. The van der Waals surface area contributed by atoms with Gasteiger partial charge in [-0.3, -0.25) is 4.79 Å². The summed E-state index contributed by atoms with van der Waals surface area (Å²) in [6, 6.07) is 7.25. The van der Waals surface area contributed by atoms with Crippen molar-refractivity contribution in [2.45, 2.75) is 52.3 Å². The fourth-order valence-corrected chi connectivity index (χ4v) is 1.80. The van der Waals surface area contributed by atoms with E-state index in [1.165, 1.54) is 0 Å². The molecule has 0 saturated carbocycles. The van der Waals surface area contributed by atoms with Crippen molar-refractivity contribution in [3.05, 3.63) is 29.8 Å². The number of nitrogens with one attached hydrogen (secondary N) is 1. The maximum absolute atomic E-state index is 11.0. The third-order valence-corrected chi connectivity index (χ3v) is 2.72. The van der Waals surface area contributed by atoms with Crippen LogP contribution in [0.1, 0.15) is 39.2 Å². The Bertz CT molecular complexity index is 387. The molecule has 0 heterocycles. The summed E-state index contributed by atoms with van der Waals surface area (Å²) in [5.41, 5.74) is 1.05. The molecule has 19 heavy (non-hydrogen) atoms. The van der Waals surface area contributed by atoms with Crippen molar-refractivity contribution in [3.8, 4) is 5.75 Å². The van der Waals surface area contributed by atoms with Gasteiger partial charge < -0.3 is 15.2 Å². The molecule has 0 radical (unpaired) electrons. The lowest BCUT2D eigenvalue weighted by molar-refractivity contribution is -0.139. The highest BCUT2D eigenvalue weighted by atomic mass is 16.5. The monoisotopic (exact) mass is 265 g/mol. The number of ether oxygens (including phenoxy) is 1. The number of carbonyl (C=O) groups is 1. The molecule has 0 aliphatic heterocycles. The van der Waals surface area contributed by atoms with Gasteiger partial charge in [0.25, 0.3) is 0 Å². The maximum atomic E-state index is 11.0. The Morgan fingerprint density at radius 2 is 1.95 bits per heavy atom. The maximum Gasteiger partial charge on any atom is 0.320 e. The van der Waals surface area contributed by atoms with Gasteiger partial charge in [-0.25, -0.2) is 0 Å². The molecular formula is C15H23NO3. The van der Waals surface area contributed by atoms with Crippen LogP contribution in [0.2, 0.25) is 0 Å². The molecule has 0 saturated heterocycles. The van der Waals surface area contributed by atoms with Gasteiger partial charge in [-0.15, -0.1) is 0 Å². The SMILES string of the molecule is CCCC(NCc1ccc(OC(C)C)cc1)C(=O)O. The fourth-order valence-electron chi connectivity index (χ4n) is 1.80. The third kappa shape index (κ3) is 5.75. The molecule has 106 valence electrons. The first-order valence-electron chi connectivity index (χ1n) is 6.74. The van der Waals surface area contributed by atoms with Gasteiger partial charge in [-0.05, 0) is 38.0 Å². The van der Waals surface area contributed by atoms with Crippen molar-refractivity contribution < 1.29 is 14.6 Å². The van der Waals surface area contributed by atoms with Crippen LogP contribution in [0.5, 0.6) is 5.75 Å². The summed E-state index contributed by atoms with van der Waals surface area (Å²) in [4.78, 5) is 11.0. The van der Waals surface area contributed by atoms with Gasteiger partial charge in [0, 0.05) is 6.54 Å². The van der Waals surface area contributed by atoms with Crippen molar-refractivity contribution in [2.24, 2.45) is 0 Å². The summed E-state index contributed by atoms with van der Waals surface area (Å²) in [6.45, 7) is 6.50. The van der Waals surface area contributed by atoms with E-state index in [1.807, 2.05) is 45.0 Å². The van der Waals surface area contributed by atoms with Gasteiger partial charge in [0.1, 0.15) is 11.8 Å². The van der Waals surface area contributed by atoms with Crippen molar-refractivity contribution in [2.75, 3.05) is 0 Å². The summed E-state index contributed by atoms with van der Waals surface area (Å²) in [6.07, 6.45) is 1.65. The molecule has 1 aromatic carbocycles. The fraction of sp³-hybridized carbons (Fsp3) is 0.533. The topological polar surface area (TPSA) is 58.6 Å². The zero-order valence-corrected chi connectivity index (χ0v) is 11.8. The second kappa shape index (κ2) is 7.79. The predicted molar refractivity (Wildman–Crippen MR) is 75.4 cm³/mol. The van der Waals surface area contributed by atoms with E-state index in [0.29, 0.717) is 13.0 Å². The van der Waals surface area contributed by atoms with Crippen LogP contribution < -0.4 is 10.1 Å². The normalized spacial score (nSPS) is 12.4. The number of hydrogen-bond acceptors (Lipinski definition) is 3. The second-order valence-corrected chi connectivity index (χ2v) is 4.87. The molecule has 0 aliphatic rings.